The maximum atomic E-state index is 12.0. The molecule has 0 unspecified atom stereocenters. The average molecular weight is 339 g/mol. The Morgan fingerprint density at radius 2 is 1.92 bits per heavy atom. The molecule has 0 aliphatic heterocycles. The Labute approximate surface area is 143 Å². The zero-order chi connectivity index (χ0) is 16.9. The zero-order valence-corrected chi connectivity index (χ0v) is 14.0. The van der Waals surface area contributed by atoms with Gasteiger partial charge in [-0.1, -0.05) is 35.6 Å². The first-order chi connectivity index (χ1) is 11.6. The van der Waals surface area contributed by atoms with E-state index >= 15 is 0 Å². The van der Waals surface area contributed by atoms with Crippen molar-refractivity contribution >= 4 is 38.5 Å². The largest absolute Gasteiger partial charge is 0.352 e. The Balaban J connectivity index is 1.51. The van der Waals surface area contributed by atoms with Gasteiger partial charge in [0.1, 0.15) is 0 Å². The van der Waals surface area contributed by atoms with E-state index in [9.17, 15) is 9.59 Å². The average Bonchev–Trinajstić information content (AvgIpc) is 2.96. The molecule has 6 heteroatoms. The van der Waals surface area contributed by atoms with Crippen LogP contribution in [0.4, 0.5) is 5.13 Å². The maximum absolute atomic E-state index is 12.0. The molecule has 2 aromatic carbocycles. The summed E-state index contributed by atoms with van der Waals surface area (Å²) in [4.78, 5) is 28.2. The van der Waals surface area contributed by atoms with Crippen LogP contribution < -0.4 is 10.6 Å². The van der Waals surface area contributed by atoms with E-state index in [1.807, 2.05) is 31.2 Å². The molecule has 3 aromatic rings. The van der Waals surface area contributed by atoms with Crippen LogP contribution in [0, 0.1) is 6.92 Å². The van der Waals surface area contributed by atoms with Gasteiger partial charge < -0.3 is 10.6 Å². The minimum absolute atomic E-state index is 0.167. The molecular formula is C18H17N3O2S. The number of hydrogen-bond donors (Lipinski definition) is 2. The minimum Gasteiger partial charge on any atom is -0.352 e. The predicted molar refractivity (Wildman–Crippen MR) is 96.4 cm³/mol. The second kappa shape index (κ2) is 7.23. The van der Waals surface area contributed by atoms with Crippen molar-refractivity contribution < 1.29 is 9.59 Å². The number of nitrogens with one attached hydrogen (secondary N) is 2. The number of aromatic nitrogens is 1. The minimum atomic E-state index is -0.182. The van der Waals surface area contributed by atoms with E-state index in [4.69, 9.17) is 0 Å². The van der Waals surface area contributed by atoms with E-state index in [-0.39, 0.29) is 24.8 Å². The van der Waals surface area contributed by atoms with Crippen molar-refractivity contribution in [3.63, 3.8) is 0 Å². The topological polar surface area (TPSA) is 71.1 Å². The molecule has 24 heavy (non-hydrogen) atoms. The predicted octanol–water partition coefficient (Wildman–Crippen LogP) is 3.36. The Hall–Kier alpha value is -2.73. The van der Waals surface area contributed by atoms with Crippen LogP contribution in [0.3, 0.4) is 0 Å². The van der Waals surface area contributed by atoms with E-state index in [2.05, 4.69) is 15.6 Å². The van der Waals surface area contributed by atoms with Crippen LogP contribution in [0.5, 0.6) is 0 Å². The lowest BCUT2D eigenvalue weighted by atomic mass is 10.2. The fraction of sp³-hybridized carbons (Fsp3) is 0.167. The van der Waals surface area contributed by atoms with E-state index in [0.29, 0.717) is 10.7 Å². The van der Waals surface area contributed by atoms with Crippen molar-refractivity contribution in [1.29, 1.82) is 0 Å². The molecule has 0 fully saturated rings. The van der Waals surface area contributed by atoms with Crippen molar-refractivity contribution in [2.45, 2.75) is 13.3 Å². The van der Waals surface area contributed by atoms with Crippen LogP contribution in [0.25, 0.3) is 10.2 Å². The fourth-order valence-electron chi connectivity index (χ4n) is 2.25. The molecule has 0 radical (unpaired) electrons. The summed E-state index contributed by atoms with van der Waals surface area (Å²) in [5.74, 6) is -0.349. The summed E-state index contributed by atoms with van der Waals surface area (Å²) in [5, 5.41) is 6.09. The normalized spacial score (nSPS) is 10.5. The third-order valence-electron chi connectivity index (χ3n) is 3.46. The zero-order valence-electron chi connectivity index (χ0n) is 13.2. The highest BCUT2D eigenvalue weighted by Crippen LogP contribution is 2.26. The Bertz CT molecular complexity index is 874. The highest BCUT2D eigenvalue weighted by molar-refractivity contribution is 7.22. The summed E-state index contributed by atoms with van der Waals surface area (Å²) < 4.78 is 1.04. The molecule has 0 bridgehead atoms. The van der Waals surface area contributed by atoms with Crippen LogP contribution in [0.15, 0.2) is 48.5 Å². The quantitative estimate of drug-likeness (QED) is 0.749. The smallest absolute Gasteiger partial charge is 0.251 e. The Morgan fingerprint density at radius 1 is 1.12 bits per heavy atom. The maximum Gasteiger partial charge on any atom is 0.251 e. The number of hydrogen-bond acceptors (Lipinski definition) is 4. The molecule has 1 aromatic heterocycles. The van der Waals surface area contributed by atoms with Gasteiger partial charge in [0.15, 0.2) is 5.13 Å². The molecule has 122 valence electrons. The lowest BCUT2D eigenvalue weighted by molar-refractivity contribution is -0.116. The molecule has 0 saturated carbocycles. The van der Waals surface area contributed by atoms with Crippen molar-refractivity contribution in [1.82, 2.24) is 10.3 Å². The molecule has 0 atom stereocenters. The van der Waals surface area contributed by atoms with Crippen LogP contribution in [0.2, 0.25) is 0 Å². The number of rotatable bonds is 5. The van der Waals surface area contributed by atoms with E-state index in [1.54, 1.807) is 24.3 Å². The Morgan fingerprint density at radius 3 is 2.71 bits per heavy atom. The van der Waals surface area contributed by atoms with Gasteiger partial charge in [-0.05, 0) is 36.8 Å². The molecule has 0 aliphatic carbocycles. The van der Waals surface area contributed by atoms with Crippen LogP contribution >= 0.6 is 11.3 Å². The molecule has 2 amide bonds. The number of aryl methyl sites for hydroxylation is 1. The molecule has 0 saturated heterocycles. The van der Waals surface area contributed by atoms with Gasteiger partial charge in [0, 0.05) is 18.5 Å². The summed E-state index contributed by atoms with van der Waals surface area (Å²) in [5.41, 5.74) is 2.62. The molecule has 2 N–H and O–H groups in total. The molecule has 0 spiro atoms. The first-order valence-corrected chi connectivity index (χ1v) is 8.44. The van der Waals surface area contributed by atoms with Crippen LogP contribution in [0.1, 0.15) is 22.3 Å². The van der Waals surface area contributed by atoms with Gasteiger partial charge >= 0.3 is 0 Å². The van der Waals surface area contributed by atoms with Gasteiger partial charge in [-0.3, -0.25) is 9.59 Å². The number of carbonyl (C=O) groups excluding carboxylic acids is 2. The van der Waals surface area contributed by atoms with Crippen molar-refractivity contribution in [2.24, 2.45) is 0 Å². The van der Waals surface area contributed by atoms with E-state index in [1.165, 1.54) is 11.3 Å². The van der Waals surface area contributed by atoms with E-state index < -0.39 is 0 Å². The van der Waals surface area contributed by atoms with Crippen molar-refractivity contribution in [2.75, 3.05) is 11.9 Å². The molecule has 0 aliphatic rings. The first kappa shape index (κ1) is 16.1. The fourth-order valence-corrected chi connectivity index (χ4v) is 3.23. The second-order valence-corrected chi connectivity index (χ2v) is 6.44. The SMILES string of the molecule is Cc1ccc2nc(NC(=O)CCNC(=O)c3ccccc3)sc2c1. The number of nitrogens with zero attached hydrogens (tertiary/aromatic N) is 1. The van der Waals surface area contributed by atoms with Gasteiger partial charge in [0.05, 0.1) is 10.2 Å². The lowest BCUT2D eigenvalue weighted by Crippen LogP contribution is -2.27. The lowest BCUT2D eigenvalue weighted by Gasteiger charge is -2.05. The second-order valence-electron chi connectivity index (χ2n) is 5.41. The molecular weight excluding hydrogens is 322 g/mol. The summed E-state index contributed by atoms with van der Waals surface area (Å²) in [7, 11) is 0. The molecule has 5 nitrogen and oxygen atoms in total. The number of fused-ring (bicyclic) bond motifs is 1. The number of thiazole rings is 1. The summed E-state index contributed by atoms with van der Waals surface area (Å²) in [6.45, 7) is 2.30. The number of anilines is 1. The van der Waals surface area contributed by atoms with Crippen LogP contribution in [-0.2, 0) is 4.79 Å². The number of benzene rings is 2. The highest BCUT2D eigenvalue weighted by Gasteiger charge is 2.09. The summed E-state index contributed by atoms with van der Waals surface area (Å²) in [6.07, 6.45) is 0.202. The third kappa shape index (κ3) is 3.97. The van der Waals surface area contributed by atoms with Gasteiger partial charge in [-0.15, -0.1) is 0 Å². The van der Waals surface area contributed by atoms with Crippen molar-refractivity contribution in [3.8, 4) is 0 Å². The number of amides is 2. The molecule has 1 heterocycles. The monoisotopic (exact) mass is 339 g/mol. The Kier molecular flexibility index (Phi) is 4.86. The van der Waals surface area contributed by atoms with Gasteiger partial charge in [0.2, 0.25) is 5.91 Å². The van der Waals surface area contributed by atoms with E-state index in [0.717, 1.165) is 15.8 Å². The van der Waals surface area contributed by atoms with Crippen molar-refractivity contribution in [3.05, 3.63) is 59.7 Å². The first-order valence-electron chi connectivity index (χ1n) is 7.62. The summed E-state index contributed by atoms with van der Waals surface area (Å²) >= 11 is 1.45. The van der Waals surface area contributed by atoms with Gasteiger partial charge in [-0.25, -0.2) is 4.98 Å². The number of carbonyl (C=O) groups is 2. The highest BCUT2D eigenvalue weighted by atomic mass is 32.1. The standard InChI is InChI=1S/C18H17N3O2S/c1-12-7-8-14-15(11-12)24-18(20-14)21-16(22)9-10-19-17(23)13-5-3-2-4-6-13/h2-8,11H,9-10H2,1H3,(H,19,23)(H,20,21,22). The van der Waals surface area contributed by atoms with Crippen LogP contribution in [-0.4, -0.2) is 23.3 Å². The van der Waals surface area contributed by atoms with Gasteiger partial charge in [-0.2, -0.15) is 0 Å². The summed E-state index contributed by atoms with van der Waals surface area (Å²) in [6, 6.07) is 14.9. The van der Waals surface area contributed by atoms with Gasteiger partial charge in [0.25, 0.3) is 5.91 Å². The molecule has 3 rings (SSSR count). The third-order valence-corrected chi connectivity index (χ3v) is 4.40.